The molecule has 25 heavy (non-hydrogen) atoms. The molecule has 0 aromatic carbocycles. The second-order valence-corrected chi connectivity index (χ2v) is 7.35. The molecule has 3 aliphatic rings. The fourth-order valence-corrected chi connectivity index (χ4v) is 4.22. The number of aliphatic hydroxyl groups excluding tert-OH is 2. The minimum atomic E-state index is -0.669. The second kappa shape index (κ2) is 6.86. The van der Waals surface area contributed by atoms with Gasteiger partial charge in [-0.25, -0.2) is 9.97 Å². The number of anilines is 1. The van der Waals surface area contributed by atoms with Crippen LogP contribution in [0.5, 0.6) is 0 Å². The molecule has 3 fully saturated rings. The molecule has 3 heterocycles. The minimum Gasteiger partial charge on any atom is -0.390 e. The van der Waals surface area contributed by atoms with Gasteiger partial charge in [-0.3, -0.25) is 4.79 Å². The van der Waals surface area contributed by atoms with E-state index in [0.29, 0.717) is 37.4 Å². The highest BCUT2D eigenvalue weighted by Gasteiger charge is 2.42. The summed E-state index contributed by atoms with van der Waals surface area (Å²) in [5.41, 5.74) is 0.499. The number of nitrogens with one attached hydrogen (secondary N) is 1. The van der Waals surface area contributed by atoms with Gasteiger partial charge in [0.25, 0.3) is 5.91 Å². The van der Waals surface area contributed by atoms with Gasteiger partial charge in [0.05, 0.1) is 17.8 Å². The third kappa shape index (κ3) is 3.33. The molecule has 1 aromatic heterocycles. The molecule has 1 aliphatic carbocycles. The third-order valence-electron chi connectivity index (χ3n) is 5.68. The van der Waals surface area contributed by atoms with E-state index in [4.69, 9.17) is 0 Å². The van der Waals surface area contributed by atoms with Crippen LogP contribution in [0.15, 0.2) is 12.4 Å². The molecule has 136 valence electrons. The van der Waals surface area contributed by atoms with Crippen molar-refractivity contribution in [2.24, 2.45) is 11.8 Å². The molecule has 2 aliphatic heterocycles. The van der Waals surface area contributed by atoms with Crippen LogP contribution in [0.3, 0.4) is 0 Å². The number of hydrogen-bond donors (Lipinski definition) is 3. The summed E-state index contributed by atoms with van der Waals surface area (Å²) in [6.07, 6.45) is 3.01. The molecule has 0 spiro atoms. The zero-order valence-electron chi connectivity index (χ0n) is 14.2. The van der Waals surface area contributed by atoms with Crippen molar-refractivity contribution < 1.29 is 15.0 Å². The van der Waals surface area contributed by atoms with E-state index < -0.39 is 12.2 Å². The molecular weight excluding hydrogens is 322 g/mol. The maximum absolute atomic E-state index is 12.7. The molecule has 1 aromatic rings. The van der Waals surface area contributed by atoms with Gasteiger partial charge in [0.2, 0.25) is 5.95 Å². The zero-order valence-corrected chi connectivity index (χ0v) is 14.2. The summed E-state index contributed by atoms with van der Waals surface area (Å²) in [4.78, 5) is 25.4. The number of rotatable bonds is 2. The number of nitrogens with zero attached hydrogens (tertiary/aromatic N) is 4. The van der Waals surface area contributed by atoms with Gasteiger partial charge in [-0.1, -0.05) is 0 Å². The molecular formula is C17H25N5O3. The first-order valence-electron chi connectivity index (χ1n) is 9.05. The molecule has 8 heteroatoms. The zero-order chi connectivity index (χ0) is 17.4. The number of carbonyl (C=O) groups is 1. The first-order chi connectivity index (χ1) is 12.1. The van der Waals surface area contributed by atoms with Gasteiger partial charge in [-0.15, -0.1) is 0 Å². The standard InChI is InChI=1S/C17H25N5O3/c23-14-5-11-9-22(10-12(11)6-15(14)24)16(25)13-7-19-17(20-8-13)21-3-1-18-2-4-21/h7-8,11-12,14-15,18,23-24H,1-6,9-10H2. The number of fused-ring (bicyclic) bond motifs is 1. The van der Waals surface area contributed by atoms with Gasteiger partial charge < -0.3 is 25.3 Å². The topological polar surface area (TPSA) is 102 Å². The Balaban J connectivity index is 1.41. The Hall–Kier alpha value is -1.77. The van der Waals surface area contributed by atoms with Gasteiger partial charge in [-0.2, -0.15) is 0 Å². The van der Waals surface area contributed by atoms with Crippen molar-refractivity contribution in [3.8, 4) is 0 Å². The normalized spacial score (nSPS) is 32.6. The number of carbonyl (C=O) groups excluding carboxylic acids is 1. The van der Waals surface area contributed by atoms with E-state index in [-0.39, 0.29) is 17.7 Å². The van der Waals surface area contributed by atoms with Crippen LogP contribution in [0.4, 0.5) is 5.95 Å². The average Bonchev–Trinajstić information content (AvgIpc) is 3.05. The SMILES string of the molecule is O=C(c1cnc(N2CCNCC2)nc1)N1CC2CC(O)C(O)CC2C1. The molecule has 1 amide bonds. The lowest BCUT2D eigenvalue weighted by Gasteiger charge is -2.31. The van der Waals surface area contributed by atoms with Crippen LogP contribution in [0.1, 0.15) is 23.2 Å². The summed E-state index contributed by atoms with van der Waals surface area (Å²) in [5, 5.41) is 23.0. The first-order valence-corrected chi connectivity index (χ1v) is 9.05. The summed E-state index contributed by atoms with van der Waals surface area (Å²) >= 11 is 0. The van der Waals surface area contributed by atoms with Crippen molar-refractivity contribution in [2.45, 2.75) is 25.0 Å². The Kier molecular flexibility index (Phi) is 4.58. The van der Waals surface area contributed by atoms with E-state index in [0.717, 1.165) is 26.2 Å². The van der Waals surface area contributed by atoms with Crippen LogP contribution in [0, 0.1) is 11.8 Å². The highest BCUT2D eigenvalue weighted by Crippen LogP contribution is 2.36. The van der Waals surface area contributed by atoms with Crippen molar-refractivity contribution in [3.05, 3.63) is 18.0 Å². The maximum atomic E-state index is 12.7. The smallest absolute Gasteiger partial charge is 0.257 e. The van der Waals surface area contributed by atoms with E-state index in [9.17, 15) is 15.0 Å². The van der Waals surface area contributed by atoms with Crippen LogP contribution >= 0.6 is 0 Å². The highest BCUT2D eigenvalue weighted by molar-refractivity contribution is 5.93. The largest absolute Gasteiger partial charge is 0.390 e. The fraction of sp³-hybridized carbons (Fsp3) is 0.706. The Morgan fingerprint density at radius 1 is 1.04 bits per heavy atom. The molecule has 0 radical (unpaired) electrons. The Labute approximate surface area is 146 Å². The number of likely N-dealkylation sites (tertiary alicyclic amines) is 1. The second-order valence-electron chi connectivity index (χ2n) is 7.35. The summed E-state index contributed by atoms with van der Waals surface area (Å²) in [6, 6.07) is 0. The predicted molar refractivity (Wildman–Crippen MR) is 91.2 cm³/mol. The van der Waals surface area contributed by atoms with Gasteiger partial charge in [0.15, 0.2) is 0 Å². The lowest BCUT2D eigenvalue weighted by Crippen LogP contribution is -2.44. The van der Waals surface area contributed by atoms with E-state index in [1.807, 2.05) is 4.90 Å². The molecule has 4 atom stereocenters. The van der Waals surface area contributed by atoms with Gasteiger partial charge in [0.1, 0.15) is 0 Å². The number of aliphatic hydroxyl groups is 2. The van der Waals surface area contributed by atoms with Crippen molar-refractivity contribution in [1.82, 2.24) is 20.2 Å². The minimum absolute atomic E-state index is 0.0646. The molecule has 0 bridgehead atoms. The maximum Gasteiger partial charge on any atom is 0.257 e. The molecule has 1 saturated carbocycles. The van der Waals surface area contributed by atoms with Crippen LogP contribution in [0.25, 0.3) is 0 Å². The van der Waals surface area contributed by atoms with Crippen LogP contribution in [-0.2, 0) is 0 Å². The van der Waals surface area contributed by atoms with Gasteiger partial charge >= 0.3 is 0 Å². The summed E-state index contributed by atoms with van der Waals surface area (Å²) in [7, 11) is 0. The summed E-state index contributed by atoms with van der Waals surface area (Å²) < 4.78 is 0. The lowest BCUT2D eigenvalue weighted by atomic mass is 9.79. The predicted octanol–water partition coefficient (Wildman–Crippen LogP) is -0.910. The van der Waals surface area contributed by atoms with Crippen molar-refractivity contribution in [2.75, 3.05) is 44.2 Å². The quantitative estimate of drug-likeness (QED) is 0.637. The van der Waals surface area contributed by atoms with Crippen LogP contribution < -0.4 is 10.2 Å². The van der Waals surface area contributed by atoms with Gasteiger partial charge in [0, 0.05) is 51.7 Å². The molecule has 4 unspecified atom stereocenters. The van der Waals surface area contributed by atoms with Crippen LogP contribution in [-0.4, -0.2) is 82.5 Å². The van der Waals surface area contributed by atoms with E-state index in [2.05, 4.69) is 20.2 Å². The number of hydrogen-bond acceptors (Lipinski definition) is 7. The molecule has 3 N–H and O–H groups in total. The van der Waals surface area contributed by atoms with Crippen molar-refractivity contribution >= 4 is 11.9 Å². The van der Waals surface area contributed by atoms with Gasteiger partial charge in [-0.05, 0) is 24.7 Å². The number of amides is 1. The first kappa shape index (κ1) is 16.7. The number of aromatic nitrogens is 2. The van der Waals surface area contributed by atoms with Crippen LogP contribution in [0.2, 0.25) is 0 Å². The van der Waals surface area contributed by atoms with E-state index >= 15 is 0 Å². The average molecular weight is 347 g/mol. The lowest BCUT2D eigenvalue weighted by molar-refractivity contribution is -0.0372. The van der Waals surface area contributed by atoms with E-state index in [1.54, 1.807) is 12.4 Å². The Morgan fingerprint density at radius 3 is 2.16 bits per heavy atom. The monoisotopic (exact) mass is 347 g/mol. The third-order valence-corrected chi connectivity index (χ3v) is 5.68. The molecule has 2 saturated heterocycles. The fourth-order valence-electron chi connectivity index (χ4n) is 4.22. The molecule has 4 rings (SSSR count). The summed E-state index contributed by atoms with van der Waals surface area (Å²) in [6.45, 7) is 4.83. The van der Waals surface area contributed by atoms with Crippen molar-refractivity contribution in [1.29, 1.82) is 0 Å². The molecule has 8 nitrogen and oxygen atoms in total. The Morgan fingerprint density at radius 2 is 1.60 bits per heavy atom. The van der Waals surface area contributed by atoms with E-state index in [1.165, 1.54) is 0 Å². The summed E-state index contributed by atoms with van der Waals surface area (Å²) in [5.74, 6) is 1.14. The number of piperazine rings is 1. The highest BCUT2D eigenvalue weighted by atomic mass is 16.3. The van der Waals surface area contributed by atoms with Crippen molar-refractivity contribution in [3.63, 3.8) is 0 Å². The Bertz CT molecular complexity index is 601.